The van der Waals surface area contributed by atoms with Crippen molar-refractivity contribution in [2.24, 2.45) is 0 Å². The van der Waals surface area contributed by atoms with Gasteiger partial charge in [0.2, 0.25) is 0 Å². The molecule has 0 aliphatic heterocycles. The zero-order valence-corrected chi connectivity index (χ0v) is 18.2. The van der Waals surface area contributed by atoms with Gasteiger partial charge < -0.3 is 19.1 Å². The lowest BCUT2D eigenvalue weighted by atomic mass is 10.0. The van der Waals surface area contributed by atoms with Gasteiger partial charge in [-0.2, -0.15) is 0 Å². The van der Waals surface area contributed by atoms with Crippen LogP contribution in [0.1, 0.15) is 42.7 Å². The first-order chi connectivity index (χ1) is 15.0. The normalized spacial score (nSPS) is 12.4. The highest BCUT2D eigenvalue weighted by molar-refractivity contribution is 5.92. The number of benzene rings is 1. The van der Waals surface area contributed by atoms with E-state index in [9.17, 15) is 24.3 Å². The van der Waals surface area contributed by atoms with E-state index in [-0.39, 0.29) is 12.0 Å². The lowest BCUT2D eigenvalue weighted by Gasteiger charge is -2.25. The molecule has 0 aliphatic rings. The van der Waals surface area contributed by atoms with Crippen molar-refractivity contribution >= 4 is 28.9 Å². The van der Waals surface area contributed by atoms with Crippen LogP contribution >= 0.6 is 0 Å². The number of hydrogen-bond donors (Lipinski definition) is 1. The van der Waals surface area contributed by atoms with E-state index in [0.717, 1.165) is 16.2 Å². The van der Waals surface area contributed by atoms with E-state index in [1.165, 1.54) is 24.5 Å². The molecule has 2 heterocycles. The zero-order chi connectivity index (χ0) is 23.6. The zero-order valence-electron chi connectivity index (χ0n) is 18.2. The molecule has 0 spiro atoms. The predicted molar refractivity (Wildman–Crippen MR) is 116 cm³/mol. The molecule has 0 unspecified atom stereocenters. The molecular formula is C23H24N2O7. The fraction of sp³-hybridized carbons (Fsp3) is 0.304. The van der Waals surface area contributed by atoms with Crippen LogP contribution in [-0.4, -0.2) is 45.0 Å². The van der Waals surface area contributed by atoms with Gasteiger partial charge in [-0.15, -0.1) is 0 Å². The third-order valence-electron chi connectivity index (χ3n) is 4.81. The van der Waals surface area contributed by atoms with Gasteiger partial charge in [0.1, 0.15) is 17.2 Å². The highest BCUT2D eigenvalue weighted by Gasteiger charge is 2.30. The lowest BCUT2D eigenvalue weighted by Crippen LogP contribution is -2.37. The van der Waals surface area contributed by atoms with Gasteiger partial charge in [-0.3, -0.25) is 9.36 Å². The largest absolute Gasteiger partial charge is 0.465 e. The number of nitrogens with zero attached hydrogens (tertiary/aromatic N) is 2. The minimum absolute atomic E-state index is 0.0275. The summed E-state index contributed by atoms with van der Waals surface area (Å²) in [5.41, 5.74) is -0.773. The minimum Gasteiger partial charge on any atom is -0.465 e. The quantitative estimate of drug-likeness (QED) is 0.605. The molecule has 1 aromatic carbocycles. The van der Waals surface area contributed by atoms with Crippen molar-refractivity contribution in [2.75, 3.05) is 7.11 Å². The maximum atomic E-state index is 13.1. The first kappa shape index (κ1) is 22.8. The summed E-state index contributed by atoms with van der Waals surface area (Å²) < 4.78 is 12.4. The van der Waals surface area contributed by atoms with Gasteiger partial charge in [-0.05, 0) is 44.5 Å². The van der Waals surface area contributed by atoms with Crippen LogP contribution in [-0.2, 0) is 20.7 Å². The van der Waals surface area contributed by atoms with E-state index in [1.54, 1.807) is 45.0 Å². The number of fused-ring (bicyclic) bond motifs is 1. The number of carboxylic acid groups (broad SMARTS) is 1. The molecule has 9 heteroatoms. The Morgan fingerprint density at radius 3 is 2.41 bits per heavy atom. The van der Waals surface area contributed by atoms with Gasteiger partial charge in [0.05, 0.1) is 12.6 Å². The molecule has 9 nitrogen and oxygen atoms in total. The Morgan fingerprint density at radius 1 is 1.09 bits per heavy atom. The predicted octanol–water partition coefficient (Wildman–Crippen LogP) is 3.24. The molecule has 1 N–H and O–H groups in total. The molecule has 0 radical (unpaired) electrons. The number of ether oxygens (including phenoxy) is 2. The third-order valence-corrected chi connectivity index (χ3v) is 4.81. The third kappa shape index (κ3) is 4.56. The van der Waals surface area contributed by atoms with Crippen LogP contribution in [0.4, 0.5) is 4.79 Å². The molecule has 0 amide bonds. The first-order valence-corrected chi connectivity index (χ1v) is 9.88. The average molecular weight is 440 g/mol. The van der Waals surface area contributed by atoms with Crippen LogP contribution in [0.25, 0.3) is 10.9 Å². The summed E-state index contributed by atoms with van der Waals surface area (Å²) >= 11 is 0. The maximum absolute atomic E-state index is 13.1. The van der Waals surface area contributed by atoms with Crippen LogP contribution in [0, 0.1) is 0 Å². The van der Waals surface area contributed by atoms with E-state index < -0.39 is 35.2 Å². The summed E-state index contributed by atoms with van der Waals surface area (Å²) in [6.45, 7) is 5.10. The number of rotatable bonds is 5. The van der Waals surface area contributed by atoms with Crippen molar-refractivity contribution in [2.45, 2.75) is 38.8 Å². The van der Waals surface area contributed by atoms with Gasteiger partial charge in [-0.25, -0.2) is 14.4 Å². The van der Waals surface area contributed by atoms with Gasteiger partial charge in [0.15, 0.2) is 0 Å². The van der Waals surface area contributed by atoms with Crippen LogP contribution in [0.2, 0.25) is 0 Å². The second-order valence-corrected chi connectivity index (χ2v) is 8.20. The van der Waals surface area contributed by atoms with E-state index >= 15 is 0 Å². The summed E-state index contributed by atoms with van der Waals surface area (Å²) in [5.74, 6) is -1.51. The first-order valence-electron chi connectivity index (χ1n) is 9.88. The standard InChI is InChI=1S/C23H24N2O7/c1-23(2,3)32-21(28)18(24-11-7-9-16(19(24)26)20(27)31-4)12-14-13-25(22(29)30)17-10-6-5-8-15(14)17/h5-11,13,18H,12H2,1-4H3,(H,29,30)/t18-/m0/s1. The molecule has 0 saturated carbocycles. The number of para-hydroxylation sites is 1. The topological polar surface area (TPSA) is 117 Å². The van der Waals surface area contributed by atoms with Crippen molar-refractivity contribution in [1.29, 1.82) is 0 Å². The molecular weight excluding hydrogens is 416 g/mol. The molecule has 0 aliphatic carbocycles. The monoisotopic (exact) mass is 440 g/mol. The van der Waals surface area contributed by atoms with Crippen molar-refractivity contribution in [3.8, 4) is 0 Å². The van der Waals surface area contributed by atoms with Gasteiger partial charge in [0.25, 0.3) is 5.56 Å². The van der Waals surface area contributed by atoms with Crippen LogP contribution in [0.15, 0.2) is 53.6 Å². The Balaban J connectivity index is 2.15. The smallest absolute Gasteiger partial charge is 0.416 e. The molecule has 32 heavy (non-hydrogen) atoms. The Bertz CT molecular complexity index is 1250. The molecule has 3 rings (SSSR count). The van der Waals surface area contributed by atoms with E-state index in [0.29, 0.717) is 16.5 Å². The second kappa shape index (κ2) is 8.70. The van der Waals surface area contributed by atoms with Crippen LogP contribution in [0.3, 0.4) is 0 Å². The van der Waals surface area contributed by atoms with Gasteiger partial charge >= 0.3 is 18.0 Å². The fourth-order valence-corrected chi connectivity index (χ4v) is 3.47. The van der Waals surface area contributed by atoms with Crippen LogP contribution < -0.4 is 5.56 Å². The molecule has 168 valence electrons. The molecule has 0 fully saturated rings. The number of hydrogen-bond acceptors (Lipinski definition) is 6. The summed E-state index contributed by atoms with van der Waals surface area (Å²) in [5, 5.41) is 10.2. The number of carbonyl (C=O) groups is 3. The molecule has 1 atom stereocenters. The summed E-state index contributed by atoms with van der Waals surface area (Å²) in [6, 6.07) is 8.49. The Labute approximate surface area is 183 Å². The average Bonchev–Trinajstić information content (AvgIpc) is 3.09. The number of methoxy groups -OCH3 is 1. The molecule has 3 aromatic rings. The second-order valence-electron chi connectivity index (χ2n) is 8.20. The van der Waals surface area contributed by atoms with E-state index in [2.05, 4.69) is 4.74 Å². The fourth-order valence-electron chi connectivity index (χ4n) is 3.47. The number of aromatic nitrogens is 2. The summed E-state index contributed by atoms with van der Waals surface area (Å²) in [6.07, 6.45) is 1.60. The Hall–Kier alpha value is -3.88. The number of pyridine rings is 1. The van der Waals surface area contributed by atoms with Crippen LogP contribution in [0.5, 0.6) is 0 Å². The lowest BCUT2D eigenvalue weighted by molar-refractivity contribution is -0.159. The van der Waals surface area contributed by atoms with Gasteiger partial charge in [-0.1, -0.05) is 18.2 Å². The molecule has 0 saturated heterocycles. The summed E-state index contributed by atoms with van der Waals surface area (Å²) in [7, 11) is 1.16. The summed E-state index contributed by atoms with van der Waals surface area (Å²) in [4.78, 5) is 49.8. The van der Waals surface area contributed by atoms with E-state index in [1.807, 2.05) is 0 Å². The van der Waals surface area contributed by atoms with Crippen molar-refractivity contribution < 1.29 is 29.0 Å². The van der Waals surface area contributed by atoms with Crippen molar-refractivity contribution in [1.82, 2.24) is 9.13 Å². The minimum atomic E-state index is -1.17. The van der Waals surface area contributed by atoms with Crippen molar-refractivity contribution in [3.63, 3.8) is 0 Å². The van der Waals surface area contributed by atoms with Crippen molar-refractivity contribution in [3.05, 3.63) is 70.3 Å². The van der Waals surface area contributed by atoms with Gasteiger partial charge in [0, 0.05) is 24.2 Å². The highest BCUT2D eigenvalue weighted by Crippen LogP contribution is 2.26. The maximum Gasteiger partial charge on any atom is 0.416 e. The number of carbonyl (C=O) groups excluding carboxylic acids is 2. The highest BCUT2D eigenvalue weighted by atomic mass is 16.6. The Morgan fingerprint density at radius 2 is 1.78 bits per heavy atom. The Kier molecular flexibility index (Phi) is 6.20. The molecule has 0 bridgehead atoms. The number of esters is 2. The molecule has 2 aromatic heterocycles. The van der Waals surface area contributed by atoms with E-state index in [4.69, 9.17) is 4.74 Å². The SMILES string of the molecule is COC(=O)c1cccn([C@@H](Cc2cn(C(=O)O)c3ccccc23)C(=O)OC(C)(C)C)c1=O.